The van der Waals surface area contributed by atoms with Gasteiger partial charge in [-0.05, 0) is 48.2 Å². The van der Waals surface area contributed by atoms with Crippen molar-refractivity contribution in [3.8, 4) is 11.1 Å². The molecule has 30 heavy (non-hydrogen) atoms. The van der Waals surface area contributed by atoms with Crippen molar-refractivity contribution >= 4 is 17.5 Å². The summed E-state index contributed by atoms with van der Waals surface area (Å²) in [7, 11) is 0. The highest BCUT2D eigenvalue weighted by molar-refractivity contribution is 5.95. The van der Waals surface area contributed by atoms with Crippen LogP contribution in [0.2, 0.25) is 0 Å². The molecule has 0 N–H and O–H groups in total. The molecule has 0 unspecified atom stereocenters. The minimum absolute atomic E-state index is 0.0739. The predicted octanol–water partition coefficient (Wildman–Crippen LogP) is 4.74. The van der Waals surface area contributed by atoms with Crippen molar-refractivity contribution in [3.05, 3.63) is 78.8 Å². The summed E-state index contributed by atoms with van der Waals surface area (Å²) in [5.74, 6) is 0.813. The summed E-state index contributed by atoms with van der Waals surface area (Å²) in [4.78, 5) is 28.7. The van der Waals surface area contributed by atoms with Crippen molar-refractivity contribution in [3.63, 3.8) is 0 Å². The van der Waals surface area contributed by atoms with E-state index in [1.54, 1.807) is 13.2 Å². The van der Waals surface area contributed by atoms with Crippen LogP contribution in [0.5, 0.6) is 0 Å². The second-order valence-corrected chi connectivity index (χ2v) is 7.70. The molecule has 1 saturated heterocycles. The molecule has 1 fully saturated rings. The second-order valence-electron chi connectivity index (χ2n) is 7.70. The zero-order valence-corrected chi connectivity index (χ0v) is 17.2. The van der Waals surface area contributed by atoms with Gasteiger partial charge in [0.25, 0.3) is 0 Å². The van der Waals surface area contributed by atoms with Gasteiger partial charge >= 0.3 is 0 Å². The van der Waals surface area contributed by atoms with Gasteiger partial charge in [0.2, 0.25) is 11.8 Å². The summed E-state index contributed by atoms with van der Waals surface area (Å²) in [6, 6.07) is 22.0. The summed E-state index contributed by atoms with van der Waals surface area (Å²) >= 11 is 0. The van der Waals surface area contributed by atoms with Gasteiger partial charge < -0.3 is 14.2 Å². The Labute approximate surface area is 176 Å². The number of furan rings is 1. The maximum Gasteiger partial charge on any atom is 0.230 e. The Kier molecular flexibility index (Phi) is 5.98. The smallest absolute Gasteiger partial charge is 0.230 e. The zero-order valence-electron chi connectivity index (χ0n) is 17.2. The van der Waals surface area contributed by atoms with Crippen LogP contribution in [0.3, 0.4) is 0 Å². The maximum atomic E-state index is 13.4. The minimum Gasteiger partial charge on any atom is -0.467 e. The Hall–Kier alpha value is -3.34. The van der Waals surface area contributed by atoms with Gasteiger partial charge in [-0.25, -0.2) is 0 Å². The molecule has 1 aromatic heterocycles. The normalized spacial score (nSPS) is 14.5. The van der Waals surface area contributed by atoms with Gasteiger partial charge in [0.15, 0.2) is 0 Å². The van der Waals surface area contributed by atoms with Gasteiger partial charge in [0, 0.05) is 31.6 Å². The first-order chi connectivity index (χ1) is 14.6. The Morgan fingerprint density at radius 3 is 2.20 bits per heavy atom. The Morgan fingerprint density at radius 2 is 1.60 bits per heavy atom. The SMILES string of the molecule is CC(=O)N1CCC(C(=O)N(Cc2ccco2)c2ccc(-c3ccccc3)cc2)CC1. The fraction of sp³-hybridized carbons (Fsp3) is 0.280. The first-order valence-corrected chi connectivity index (χ1v) is 10.4. The summed E-state index contributed by atoms with van der Waals surface area (Å²) in [6.07, 6.45) is 3.01. The second kappa shape index (κ2) is 8.99. The molecule has 0 spiro atoms. The lowest BCUT2D eigenvalue weighted by Crippen LogP contribution is -2.43. The maximum absolute atomic E-state index is 13.4. The number of piperidine rings is 1. The van der Waals surface area contributed by atoms with E-state index >= 15 is 0 Å². The van der Waals surface area contributed by atoms with Gasteiger partial charge in [0.1, 0.15) is 5.76 Å². The van der Waals surface area contributed by atoms with Crippen molar-refractivity contribution in [1.29, 1.82) is 0 Å². The number of carbonyl (C=O) groups excluding carboxylic acids is 2. The van der Waals surface area contributed by atoms with Crippen LogP contribution in [0.15, 0.2) is 77.4 Å². The molecule has 4 rings (SSSR count). The van der Waals surface area contributed by atoms with E-state index in [-0.39, 0.29) is 17.7 Å². The van der Waals surface area contributed by atoms with Crippen LogP contribution in [0.25, 0.3) is 11.1 Å². The third-order valence-electron chi connectivity index (χ3n) is 5.74. The van der Waals surface area contributed by atoms with Crippen LogP contribution in [0.4, 0.5) is 5.69 Å². The van der Waals surface area contributed by atoms with Gasteiger partial charge in [-0.15, -0.1) is 0 Å². The first kappa shape index (κ1) is 20.0. The Morgan fingerprint density at radius 1 is 0.933 bits per heavy atom. The average molecular weight is 402 g/mol. The van der Waals surface area contributed by atoms with E-state index in [4.69, 9.17) is 4.42 Å². The summed E-state index contributed by atoms with van der Waals surface area (Å²) in [5.41, 5.74) is 3.11. The van der Waals surface area contributed by atoms with Crippen molar-refractivity contribution in [2.24, 2.45) is 5.92 Å². The molecule has 2 heterocycles. The van der Waals surface area contributed by atoms with Crippen LogP contribution < -0.4 is 4.90 Å². The average Bonchev–Trinajstić information content (AvgIpc) is 3.31. The van der Waals surface area contributed by atoms with Gasteiger partial charge in [0.05, 0.1) is 12.8 Å². The Bertz CT molecular complexity index is 973. The molecule has 1 aliphatic heterocycles. The molecule has 1 aliphatic rings. The van der Waals surface area contributed by atoms with Crippen molar-refractivity contribution in [2.45, 2.75) is 26.3 Å². The molecule has 5 nitrogen and oxygen atoms in total. The molecule has 0 bridgehead atoms. The molecule has 2 aromatic carbocycles. The van der Waals surface area contributed by atoms with E-state index in [9.17, 15) is 9.59 Å². The standard InChI is InChI=1S/C25H26N2O3/c1-19(28)26-15-13-22(14-16-26)25(29)27(18-24-8-5-17-30-24)23-11-9-21(10-12-23)20-6-3-2-4-7-20/h2-12,17,22H,13-16,18H2,1H3. The lowest BCUT2D eigenvalue weighted by atomic mass is 9.94. The molecule has 154 valence electrons. The fourth-order valence-electron chi connectivity index (χ4n) is 3.98. The lowest BCUT2D eigenvalue weighted by Gasteiger charge is -2.33. The van der Waals surface area contributed by atoms with Crippen LogP contribution in [0.1, 0.15) is 25.5 Å². The number of anilines is 1. The molecule has 3 aromatic rings. The molecule has 0 saturated carbocycles. The highest BCUT2D eigenvalue weighted by atomic mass is 16.3. The molecule has 2 amide bonds. The molecule has 0 aliphatic carbocycles. The molecule has 0 radical (unpaired) electrons. The van der Waals surface area contributed by atoms with Crippen LogP contribution >= 0.6 is 0 Å². The summed E-state index contributed by atoms with van der Waals surface area (Å²) in [5, 5.41) is 0. The summed E-state index contributed by atoms with van der Waals surface area (Å²) < 4.78 is 5.52. The highest BCUT2D eigenvalue weighted by Crippen LogP contribution is 2.28. The largest absolute Gasteiger partial charge is 0.467 e. The Balaban J connectivity index is 1.55. The summed E-state index contributed by atoms with van der Waals surface area (Å²) in [6.45, 7) is 3.24. The van der Waals surface area contributed by atoms with Gasteiger partial charge in [-0.1, -0.05) is 42.5 Å². The lowest BCUT2D eigenvalue weighted by molar-refractivity contribution is -0.133. The number of nitrogens with zero attached hydrogens (tertiary/aromatic N) is 2. The van der Waals surface area contributed by atoms with E-state index in [2.05, 4.69) is 12.1 Å². The van der Waals surface area contributed by atoms with Gasteiger partial charge in [-0.2, -0.15) is 0 Å². The molecular formula is C25H26N2O3. The molecular weight excluding hydrogens is 376 g/mol. The number of likely N-dealkylation sites (tertiary alicyclic amines) is 1. The van der Waals surface area contributed by atoms with Crippen molar-refractivity contribution < 1.29 is 14.0 Å². The minimum atomic E-state index is -0.0932. The van der Waals surface area contributed by atoms with Crippen molar-refractivity contribution in [1.82, 2.24) is 4.90 Å². The quantitative estimate of drug-likeness (QED) is 0.619. The van der Waals surface area contributed by atoms with E-state index in [1.807, 2.05) is 64.4 Å². The van der Waals surface area contributed by atoms with Crippen LogP contribution in [0, 0.1) is 5.92 Å². The van der Waals surface area contributed by atoms with Crippen LogP contribution in [-0.4, -0.2) is 29.8 Å². The van der Waals surface area contributed by atoms with Crippen molar-refractivity contribution in [2.75, 3.05) is 18.0 Å². The third-order valence-corrected chi connectivity index (χ3v) is 5.74. The number of amides is 2. The van der Waals surface area contributed by atoms with E-state index in [1.165, 1.54) is 0 Å². The predicted molar refractivity (Wildman–Crippen MR) is 117 cm³/mol. The monoisotopic (exact) mass is 402 g/mol. The third kappa shape index (κ3) is 4.46. The number of hydrogen-bond donors (Lipinski definition) is 0. The van der Waals surface area contributed by atoms with Crippen LogP contribution in [-0.2, 0) is 16.1 Å². The number of benzene rings is 2. The zero-order chi connectivity index (χ0) is 20.9. The van der Waals surface area contributed by atoms with E-state index < -0.39 is 0 Å². The van der Waals surface area contributed by atoms with E-state index in [0.717, 1.165) is 22.6 Å². The van der Waals surface area contributed by atoms with Gasteiger partial charge in [-0.3, -0.25) is 9.59 Å². The molecule has 5 heteroatoms. The first-order valence-electron chi connectivity index (χ1n) is 10.4. The number of rotatable bonds is 5. The topological polar surface area (TPSA) is 53.8 Å². The fourth-order valence-corrected chi connectivity index (χ4v) is 3.98. The van der Waals surface area contributed by atoms with E-state index in [0.29, 0.717) is 32.5 Å². The molecule has 0 atom stereocenters. The highest BCUT2D eigenvalue weighted by Gasteiger charge is 2.30. The number of hydrogen-bond acceptors (Lipinski definition) is 3. The number of carbonyl (C=O) groups is 2.